The second-order valence-corrected chi connectivity index (χ2v) is 6.40. The highest BCUT2D eigenvalue weighted by Crippen LogP contribution is 2.17. The average Bonchev–Trinajstić information content (AvgIpc) is 2.64. The Morgan fingerprint density at radius 2 is 1.50 bits per heavy atom. The highest BCUT2D eigenvalue weighted by atomic mass is 16.2. The Labute approximate surface area is 152 Å². The molecule has 1 atom stereocenters. The van der Waals surface area contributed by atoms with Crippen LogP contribution >= 0.6 is 0 Å². The van der Waals surface area contributed by atoms with E-state index in [9.17, 15) is 9.59 Å². The lowest BCUT2D eigenvalue weighted by Gasteiger charge is -2.15. The van der Waals surface area contributed by atoms with Crippen LogP contribution in [0.25, 0.3) is 11.3 Å². The second kappa shape index (κ2) is 7.35. The van der Waals surface area contributed by atoms with Gasteiger partial charge in [0.1, 0.15) is 6.04 Å². The van der Waals surface area contributed by atoms with Gasteiger partial charge in [0, 0.05) is 17.3 Å². The number of rotatable bonds is 4. The van der Waals surface area contributed by atoms with E-state index in [4.69, 9.17) is 0 Å². The molecule has 3 rings (SSSR count). The summed E-state index contributed by atoms with van der Waals surface area (Å²) in [5, 5.41) is 7.21. The van der Waals surface area contributed by atoms with Crippen LogP contribution in [0.3, 0.4) is 0 Å². The topological polar surface area (TPSA) is 64.0 Å². The van der Waals surface area contributed by atoms with Crippen LogP contribution in [0.1, 0.15) is 24.1 Å². The zero-order chi connectivity index (χ0) is 18.7. The summed E-state index contributed by atoms with van der Waals surface area (Å²) in [6.45, 7) is 5.65. The van der Waals surface area contributed by atoms with E-state index in [2.05, 4.69) is 10.4 Å². The fraction of sp³-hybridized carbons (Fsp3) is 0.190. The number of aryl methyl sites for hydroxylation is 2. The Hall–Kier alpha value is -3.21. The molecular formula is C21H21N3O2. The maximum Gasteiger partial charge on any atom is 0.267 e. The molecule has 1 amide bonds. The van der Waals surface area contributed by atoms with Crippen molar-refractivity contribution in [2.75, 3.05) is 5.32 Å². The predicted octanol–water partition coefficient (Wildman–Crippen LogP) is 3.73. The molecule has 0 bridgehead atoms. The van der Waals surface area contributed by atoms with Gasteiger partial charge in [-0.3, -0.25) is 9.59 Å². The van der Waals surface area contributed by atoms with Crippen molar-refractivity contribution in [1.29, 1.82) is 0 Å². The summed E-state index contributed by atoms with van der Waals surface area (Å²) in [7, 11) is 0. The number of nitrogens with one attached hydrogen (secondary N) is 1. The summed E-state index contributed by atoms with van der Waals surface area (Å²) >= 11 is 0. The molecule has 2 aromatic carbocycles. The van der Waals surface area contributed by atoms with Crippen molar-refractivity contribution in [3.63, 3.8) is 0 Å². The van der Waals surface area contributed by atoms with Gasteiger partial charge in [-0.25, -0.2) is 4.68 Å². The van der Waals surface area contributed by atoms with Crippen LogP contribution in [0.2, 0.25) is 0 Å². The first-order chi connectivity index (χ1) is 12.4. The summed E-state index contributed by atoms with van der Waals surface area (Å²) in [5.74, 6) is -0.287. The second-order valence-electron chi connectivity index (χ2n) is 6.40. The lowest BCUT2D eigenvalue weighted by atomic mass is 10.1. The number of aromatic nitrogens is 2. The lowest BCUT2D eigenvalue weighted by molar-refractivity contribution is -0.119. The maximum absolute atomic E-state index is 12.5. The number of hydrogen-bond acceptors (Lipinski definition) is 3. The Morgan fingerprint density at radius 3 is 2.12 bits per heavy atom. The zero-order valence-electron chi connectivity index (χ0n) is 15.1. The minimum Gasteiger partial charge on any atom is -0.324 e. The smallest absolute Gasteiger partial charge is 0.267 e. The molecule has 0 saturated carbocycles. The van der Waals surface area contributed by atoms with Crippen LogP contribution in [0.15, 0.2) is 65.5 Å². The SMILES string of the molecule is Cc1ccc(NC(=O)C(C)n2nc(-c3ccc(C)cc3)ccc2=O)cc1. The first-order valence-corrected chi connectivity index (χ1v) is 8.48. The van der Waals surface area contributed by atoms with E-state index in [1.807, 2.05) is 62.4 Å². The molecule has 0 saturated heterocycles. The van der Waals surface area contributed by atoms with E-state index in [0.29, 0.717) is 11.4 Å². The molecule has 1 unspecified atom stereocenters. The molecule has 0 spiro atoms. The predicted molar refractivity (Wildman–Crippen MR) is 103 cm³/mol. The highest BCUT2D eigenvalue weighted by Gasteiger charge is 2.18. The van der Waals surface area contributed by atoms with Crippen LogP contribution in [0.5, 0.6) is 0 Å². The third-order valence-electron chi connectivity index (χ3n) is 4.24. The molecule has 0 fully saturated rings. The Balaban J connectivity index is 1.86. The molecule has 1 aromatic heterocycles. The first-order valence-electron chi connectivity index (χ1n) is 8.48. The van der Waals surface area contributed by atoms with Gasteiger partial charge in [-0.2, -0.15) is 5.10 Å². The molecule has 3 aromatic rings. The third kappa shape index (κ3) is 3.88. The fourth-order valence-electron chi connectivity index (χ4n) is 2.58. The number of carbonyl (C=O) groups is 1. The van der Waals surface area contributed by atoms with Gasteiger partial charge in [-0.1, -0.05) is 47.5 Å². The highest BCUT2D eigenvalue weighted by molar-refractivity contribution is 5.93. The molecule has 0 aliphatic heterocycles. The molecule has 5 nitrogen and oxygen atoms in total. The summed E-state index contributed by atoms with van der Waals surface area (Å²) in [5.41, 5.74) is 4.19. The van der Waals surface area contributed by atoms with Crippen molar-refractivity contribution in [1.82, 2.24) is 9.78 Å². The minimum absolute atomic E-state index is 0.287. The largest absolute Gasteiger partial charge is 0.324 e. The van der Waals surface area contributed by atoms with E-state index in [0.717, 1.165) is 16.7 Å². The maximum atomic E-state index is 12.5. The minimum atomic E-state index is -0.728. The average molecular weight is 347 g/mol. The van der Waals surface area contributed by atoms with Crippen molar-refractivity contribution in [2.45, 2.75) is 26.8 Å². The van der Waals surface area contributed by atoms with E-state index >= 15 is 0 Å². The Morgan fingerprint density at radius 1 is 0.923 bits per heavy atom. The molecule has 132 valence electrons. The van der Waals surface area contributed by atoms with E-state index in [1.165, 1.54) is 10.7 Å². The van der Waals surface area contributed by atoms with Crippen LogP contribution in [-0.2, 0) is 4.79 Å². The zero-order valence-corrected chi connectivity index (χ0v) is 15.1. The molecule has 1 heterocycles. The molecule has 0 radical (unpaired) electrons. The quantitative estimate of drug-likeness (QED) is 0.782. The Bertz CT molecular complexity index is 973. The number of anilines is 1. The molecule has 0 aliphatic rings. The monoisotopic (exact) mass is 347 g/mol. The number of hydrogen-bond donors (Lipinski definition) is 1. The van der Waals surface area contributed by atoms with Crippen molar-refractivity contribution in [3.05, 3.63) is 82.1 Å². The summed E-state index contributed by atoms with van der Waals surface area (Å²) < 4.78 is 1.22. The van der Waals surface area contributed by atoms with Crippen LogP contribution in [-0.4, -0.2) is 15.7 Å². The van der Waals surface area contributed by atoms with Crippen LogP contribution in [0.4, 0.5) is 5.69 Å². The fourth-order valence-corrected chi connectivity index (χ4v) is 2.58. The van der Waals surface area contributed by atoms with Crippen LogP contribution < -0.4 is 10.9 Å². The standard InChI is InChI=1S/C21H21N3O2/c1-14-4-8-17(9-5-14)19-12-13-20(25)24(23-19)16(3)21(26)22-18-10-6-15(2)7-11-18/h4-13,16H,1-3H3,(H,22,26). The molecule has 5 heteroatoms. The summed E-state index contributed by atoms with van der Waals surface area (Å²) in [6.07, 6.45) is 0. The third-order valence-corrected chi connectivity index (χ3v) is 4.24. The van der Waals surface area contributed by atoms with Crippen LogP contribution in [0, 0.1) is 13.8 Å². The van der Waals surface area contributed by atoms with Gasteiger partial charge >= 0.3 is 0 Å². The molecule has 1 N–H and O–H groups in total. The van der Waals surface area contributed by atoms with E-state index < -0.39 is 6.04 Å². The van der Waals surface area contributed by atoms with Crippen molar-refractivity contribution >= 4 is 11.6 Å². The number of amides is 1. The Kier molecular flexibility index (Phi) is 4.98. The number of benzene rings is 2. The van der Waals surface area contributed by atoms with Gasteiger partial charge in [0.15, 0.2) is 0 Å². The number of nitrogens with zero attached hydrogens (tertiary/aromatic N) is 2. The van der Waals surface area contributed by atoms with E-state index in [-0.39, 0.29) is 11.5 Å². The van der Waals surface area contributed by atoms with E-state index in [1.54, 1.807) is 13.0 Å². The van der Waals surface area contributed by atoms with Crippen molar-refractivity contribution in [3.8, 4) is 11.3 Å². The summed E-state index contributed by atoms with van der Waals surface area (Å²) in [4.78, 5) is 24.8. The molecule has 26 heavy (non-hydrogen) atoms. The van der Waals surface area contributed by atoms with Gasteiger partial charge in [0.25, 0.3) is 5.56 Å². The number of carbonyl (C=O) groups excluding carboxylic acids is 1. The van der Waals surface area contributed by atoms with Gasteiger partial charge in [-0.05, 0) is 39.0 Å². The van der Waals surface area contributed by atoms with Gasteiger partial charge in [0.05, 0.1) is 5.69 Å². The van der Waals surface area contributed by atoms with Crippen molar-refractivity contribution in [2.24, 2.45) is 0 Å². The van der Waals surface area contributed by atoms with Crippen molar-refractivity contribution < 1.29 is 4.79 Å². The van der Waals surface area contributed by atoms with Gasteiger partial charge < -0.3 is 5.32 Å². The van der Waals surface area contributed by atoms with Gasteiger partial charge in [0.2, 0.25) is 5.91 Å². The first kappa shape index (κ1) is 17.6. The summed E-state index contributed by atoms with van der Waals surface area (Å²) in [6, 6.07) is 17.8. The molecule has 0 aliphatic carbocycles. The molecular weight excluding hydrogens is 326 g/mol. The van der Waals surface area contributed by atoms with Gasteiger partial charge in [-0.15, -0.1) is 0 Å². The normalized spacial score (nSPS) is 11.8. The lowest BCUT2D eigenvalue weighted by Crippen LogP contribution is -2.33.